The number of pyridine rings is 1. The number of hydrogen-bond donors (Lipinski definition) is 1. The van der Waals surface area contributed by atoms with Crippen molar-refractivity contribution in [3.63, 3.8) is 0 Å². The van der Waals surface area contributed by atoms with Crippen LogP contribution in [-0.2, 0) is 6.54 Å². The number of benzene rings is 2. The summed E-state index contributed by atoms with van der Waals surface area (Å²) in [6.45, 7) is 7.07. The van der Waals surface area contributed by atoms with Crippen LogP contribution in [0.1, 0.15) is 47.6 Å². The minimum Gasteiger partial charge on any atom is -0.353 e. The largest absolute Gasteiger partial charge is 0.353 e. The third-order valence-corrected chi connectivity index (χ3v) is 9.75. The van der Waals surface area contributed by atoms with E-state index in [1.807, 2.05) is 37.0 Å². The fraction of sp³-hybridized carbons (Fsp3) is 0.438. The van der Waals surface area contributed by atoms with Gasteiger partial charge in [-0.25, -0.2) is 9.37 Å². The summed E-state index contributed by atoms with van der Waals surface area (Å²) in [6, 6.07) is 6.88. The predicted octanol–water partition coefficient (Wildman–Crippen LogP) is 5.55. The molecule has 8 nitrogen and oxygen atoms in total. The molecule has 1 N–H and O–H groups in total. The van der Waals surface area contributed by atoms with Gasteiger partial charge in [0.05, 0.1) is 47.2 Å². The van der Waals surface area contributed by atoms with Crippen LogP contribution in [0.3, 0.4) is 0 Å². The van der Waals surface area contributed by atoms with Gasteiger partial charge in [-0.1, -0.05) is 17.7 Å². The Balaban J connectivity index is 1.47. The zero-order chi connectivity index (χ0) is 29.3. The molecule has 3 aliphatic rings. The number of halogens is 2. The van der Waals surface area contributed by atoms with Crippen LogP contribution in [0.2, 0.25) is 5.02 Å². The van der Waals surface area contributed by atoms with E-state index < -0.39 is 5.82 Å². The highest BCUT2D eigenvalue weighted by Crippen LogP contribution is 2.44. The van der Waals surface area contributed by atoms with Gasteiger partial charge in [-0.3, -0.25) is 9.67 Å². The molecule has 5 heterocycles. The Bertz CT molecular complexity index is 1810. The summed E-state index contributed by atoms with van der Waals surface area (Å²) in [4.78, 5) is 13.9. The van der Waals surface area contributed by atoms with Crippen molar-refractivity contribution in [1.82, 2.24) is 25.0 Å². The van der Waals surface area contributed by atoms with Crippen molar-refractivity contribution in [2.75, 3.05) is 38.6 Å². The van der Waals surface area contributed by atoms with Crippen molar-refractivity contribution in [1.29, 1.82) is 5.26 Å². The van der Waals surface area contributed by atoms with Gasteiger partial charge in [0.15, 0.2) is 5.82 Å². The quantitative estimate of drug-likeness (QED) is 0.331. The van der Waals surface area contributed by atoms with Gasteiger partial charge in [-0.15, -0.1) is 0 Å². The first-order chi connectivity index (χ1) is 20.3. The number of piperidine rings is 1. The Morgan fingerprint density at radius 3 is 2.76 bits per heavy atom. The van der Waals surface area contributed by atoms with Crippen LogP contribution < -0.4 is 10.2 Å². The lowest BCUT2D eigenvalue weighted by molar-refractivity contribution is 0.246. The van der Waals surface area contributed by atoms with Crippen molar-refractivity contribution in [3.05, 3.63) is 51.4 Å². The fourth-order valence-electron chi connectivity index (χ4n) is 6.88. The van der Waals surface area contributed by atoms with E-state index in [4.69, 9.17) is 21.7 Å². The molecular weight excluding hydrogens is 551 g/mol. The van der Waals surface area contributed by atoms with Crippen molar-refractivity contribution in [2.24, 2.45) is 4.99 Å². The maximum atomic E-state index is 17.0. The second-order valence-corrected chi connectivity index (χ2v) is 12.6. The van der Waals surface area contributed by atoms with Gasteiger partial charge in [0.25, 0.3) is 0 Å². The minimum atomic E-state index is -0.415. The number of nitrogens with zero attached hydrogens (tertiary/aromatic N) is 7. The number of fused-ring (bicyclic) bond motifs is 4. The van der Waals surface area contributed by atoms with Crippen LogP contribution in [0, 0.1) is 31.0 Å². The Hall–Kier alpha value is -3.58. The lowest BCUT2D eigenvalue weighted by Gasteiger charge is -2.43. The van der Waals surface area contributed by atoms with Gasteiger partial charge in [-0.05, 0) is 75.6 Å². The van der Waals surface area contributed by atoms with Gasteiger partial charge in [0.2, 0.25) is 0 Å². The molecule has 0 saturated carbocycles. The molecule has 7 rings (SSSR count). The standard InChI is InChI=1S/C32H34ClFN8/c1-17-9-19-12-36-13-24(19)27(18(17)2)28-26(33)11-23-30(29(28)34)39-32(41-15-22(16-41)40(3)4)25-14-38-42(31(23)25)21-6-8-37-20(10-21)5-7-35/h9,11,13-14,20-22,37H,5-6,8,10,12,15-16H2,1-4H3/t20-,21+/m1/s1. The highest BCUT2D eigenvalue weighted by atomic mass is 35.5. The maximum Gasteiger partial charge on any atom is 0.158 e. The van der Waals surface area contributed by atoms with Crippen LogP contribution in [-0.4, -0.2) is 71.7 Å². The number of anilines is 1. The average molecular weight is 585 g/mol. The monoisotopic (exact) mass is 584 g/mol. The molecule has 0 aliphatic carbocycles. The Labute approximate surface area is 249 Å². The van der Waals surface area contributed by atoms with E-state index in [0.717, 1.165) is 77.0 Å². The van der Waals surface area contributed by atoms with Gasteiger partial charge < -0.3 is 15.1 Å². The topological polar surface area (TPSA) is 85.4 Å². The number of nitriles is 1. The number of aliphatic imine (C=N–C) groups is 1. The molecule has 0 amide bonds. The number of rotatable bonds is 5. The van der Waals surface area contributed by atoms with Crippen LogP contribution in [0.15, 0.2) is 23.3 Å². The summed E-state index contributed by atoms with van der Waals surface area (Å²) in [5, 5.41) is 19.6. The molecule has 42 heavy (non-hydrogen) atoms. The number of aryl methyl sites for hydroxylation is 1. The summed E-state index contributed by atoms with van der Waals surface area (Å²) in [6.07, 6.45) is 5.79. The second-order valence-electron chi connectivity index (χ2n) is 12.2. The summed E-state index contributed by atoms with van der Waals surface area (Å²) in [5.41, 5.74) is 6.42. The van der Waals surface area contributed by atoms with E-state index in [-0.39, 0.29) is 12.1 Å². The Morgan fingerprint density at radius 2 is 2.00 bits per heavy atom. The molecule has 0 bridgehead atoms. The van der Waals surface area contributed by atoms with Crippen LogP contribution in [0.5, 0.6) is 0 Å². The van der Waals surface area contributed by atoms with Crippen molar-refractivity contribution in [2.45, 2.75) is 57.8 Å². The average Bonchev–Trinajstić information content (AvgIpc) is 3.58. The summed E-state index contributed by atoms with van der Waals surface area (Å²) in [5.74, 6) is 0.339. The number of aromatic nitrogens is 3. The zero-order valence-corrected chi connectivity index (χ0v) is 25.1. The van der Waals surface area contributed by atoms with Crippen LogP contribution in [0.4, 0.5) is 10.2 Å². The van der Waals surface area contributed by atoms with E-state index in [0.29, 0.717) is 40.5 Å². The molecule has 216 valence electrons. The molecule has 2 aromatic heterocycles. The lowest BCUT2D eigenvalue weighted by Crippen LogP contribution is -2.57. The molecular formula is C32H34ClFN8. The summed E-state index contributed by atoms with van der Waals surface area (Å²) < 4.78 is 19.1. The van der Waals surface area contributed by atoms with E-state index in [1.54, 1.807) is 0 Å². The molecule has 0 unspecified atom stereocenters. The lowest BCUT2D eigenvalue weighted by atomic mass is 9.88. The van der Waals surface area contributed by atoms with Gasteiger partial charge in [-0.2, -0.15) is 10.4 Å². The summed E-state index contributed by atoms with van der Waals surface area (Å²) >= 11 is 7.03. The van der Waals surface area contributed by atoms with Crippen LogP contribution in [0.25, 0.3) is 32.9 Å². The molecule has 2 aromatic carbocycles. The Kier molecular flexibility index (Phi) is 6.69. The SMILES string of the molecule is Cc1cc2c(c(-c3c(Cl)cc4c(nc(N5CC(N(C)C)C5)c5cnn([C@H]6CCN[C@H](CC#N)C6)c54)c3F)c1C)C=NC2. The first kappa shape index (κ1) is 27.3. The molecule has 3 aliphatic heterocycles. The van der Waals surface area contributed by atoms with E-state index in [9.17, 15) is 5.26 Å². The minimum absolute atomic E-state index is 0.0754. The predicted molar refractivity (Wildman–Crippen MR) is 166 cm³/mol. The molecule has 2 atom stereocenters. The van der Waals surface area contributed by atoms with Crippen molar-refractivity contribution >= 4 is 45.4 Å². The van der Waals surface area contributed by atoms with Crippen LogP contribution >= 0.6 is 11.6 Å². The fourth-order valence-corrected chi connectivity index (χ4v) is 7.16. The Morgan fingerprint density at radius 1 is 1.19 bits per heavy atom. The zero-order valence-electron chi connectivity index (χ0n) is 24.4. The maximum absolute atomic E-state index is 17.0. The van der Waals surface area contributed by atoms with Crippen molar-refractivity contribution < 1.29 is 4.39 Å². The highest BCUT2D eigenvalue weighted by molar-refractivity contribution is 6.35. The third kappa shape index (κ3) is 4.19. The van der Waals surface area contributed by atoms with Gasteiger partial charge in [0.1, 0.15) is 11.3 Å². The number of nitrogens with one attached hydrogen (secondary N) is 1. The van der Waals surface area contributed by atoms with Gasteiger partial charge >= 0.3 is 0 Å². The number of likely N-dealkylation sites (N-methyl/N-ethyl adjacent to an activating group) is 1. The van der Waals surface area contributed by atoms with Crippen molar-refractivity contribution in [3.8, 4) is 17.2 Å². The molecule has 4 aromatic rings. The summed E-state index contributed by atoms with van der Waals surface area (Å²) in [7, 11) is 4.16. The number of hydrogen-bond acceptors (Lipinski definition) is 7. The van der Waals surface area contributed by atoms with E-state index in [1.165, 1.54) is 0 Å². The molecule has 2 fully saturated rings. The first-order valence-electron chi connectivity index (χ1n) is 14.6. The third-order valence-electron chi connectivity index (χ3n) is 9.45. The highest BCUT2D eigenvalue weighted by Gasteiger charge is 2.34. The molecule has 0 radical (unpaired) electrons. The smallest absolute Gasteiger partial charge is 0.158 e. The first-order valence-corrected chi connectivity index (χ1v) is 15.0. The van der Waals surface area contributed by atoms with E-state index in [2.05, 4.69) is 46.3 Å². The van der Waals surface area contributed by atoms with Gasteiger partial charge in [0, 0.05) is 47.9 Å². The van der Waals surface area contributed by atoms with E-state index >= 15 is 4.39 Å². The molecule has 0 spiro atoms. The molecule has 2 saturated heterocycles. The normalized spacial score (nSPS) is 20.5. The molecule has 10 heteroatoms. The second kappa shape index (κ2) is 10.3.